The summed E-state index contributed by atoms with van der Waals surface area (Å²) in [7, 11) is 0. The number of anilines is 1. The van der Waals surface area contributed by atoms with Crippen molar-refractivity contribution < 1.29 is 4.79 Å². The van der Waals surface area contributed by atoms with Crippen LogP contribution in [0.1, 0.15) is 10.4 Å². The Morgan fingerprint density at radius 3 is 2.10 bits per heavy atom. The molecule has 8 heteroatoms. The van der Waals surface area contributed by atoms with Crippen LogP contribution in [0.2, 0.25) is 20.4 Å². The third-order valence-electron chi connectivity index (χ3n) is 2.29. The molecule has 1 aromatic carbocycles. The van der Waals surface area contributed by atoms with Crippen LogP contribution in [0.25, 0.3) is 0 Å². The van der Waals surface area contributed by atoms with Gasteiger partial charge in [-0.15, -0.1) is 0 Å². The number of hydrazine groups is 1. The topological polar surface area (TPSA) is 54.0 Å². The largest absolute Gasteiger partial charge is 0.295 e. The first kappa shape index (κ1) is 15.2. The van der Waals surface area contributed by atoms with E-state index in [0.717, 1.165) is 0 Å². The average molecular weight is 351 g/mol. The summed E-state index contributed by atoms with van der Waals surface area (Å²) in [6.45, 7) is 0. The summed E-state index contributed by atoms with van der Waals surface area (Å²) >= 11 is 23.4. The van der Waals surface area contributed by atoms with Crippen LogP contribution in [0.3, 0.4) is 0 Å². The van der Waals surface area contributed by atoms with Crippen LogP contribution in [-0.2, 0) is 0 Å². The SMILES string of the molecule is O=C(NNc1c(Cl)cccc1Cl)c1cc(Cl)nc(Cl)c1. The van der Waals surface area contributed by atoms with Gasteiger partial charge in [0, 0.05) is 5.56 Å². The minimum atomic E-state index is -0.452. The minimum Gasteiger partial charge on any atom is -0.295 e. The van der Waals surface area contributed by atoms with E-state index in [-0.39, 0.29) is 15.9 Å². The molecule has 1 aromatic heterocycles. The van der Waals surface area contributed by atoms with E-state index in [0.29, 0.717) is 15.7 Å². The van der Waals surface area contributed by atoms with E-state index in [1.165, 1.54) is 12.1 Å². The zero-order valence-electron chi connectivity index (χ0n) is 9.75. The molecule has 2 N–H and O–H groups in total. The van der Waals surface area contributed by atoms with Crippen molar-refractivity contribution in [3.8, 4) is 0 Å². The second kappa shape index (κ2) is 6.50. The van der Waals surface area contributed by atoms with Gasteiger partial charge in [0.15, 0.2) is 0 Å². The van der Waals surface area contributed by atoms with Gasteiger partial charge in [0.25, 0.3) is 5.91 Å². The fraction of sp³-hybridized carbons (Fsp3) is 0. The van der Waals surface area contributed by atoms with Crippen molar-refractivity contribution in [1.29, 1.82) is 0 Å². The van der Waals surface area contributed by atoms with Crippen molar-refractivity contribution in [3.63, 3.8) is 0 Å². The highest BCUT2D eigenvalue weighted by atomic mass is 35.5. The van der Waals surface area contributed by atoms with Gasteiger partial charge in [-0.2, -0.15) is 0 Å². The highest BCUT2D eigenvalue weighted by molar-refractivity contribution is 6.39. The summed E-state index contributed by atoms with van der Waals surface area (Å²) in [5, 5.41) is 1.00. The van der Waals surface area contributed by atoms with Crippen molar-refractivity contribution >= 4 is 58.0 Å². The number of benzene rings is 1. The molecule has 0 radical (unpaired) electrons. The molecule has 2 aromatic rings. The Kier molecular flexibility index (Phi) is 4.94. The monoisotopic (exact) mass is 349 g/mol. The molecule has 0 saturated carbocycles. The lowest BCUT2D eigenvalue weighted by molar-refractivity contribution is 0.0962. The molecule has 4 nitrogen and oxygen atoms in total. The number of hydrogen-bond donors (Lipinski definition) is 2. The van der Waals surface area contributed by atoms with E-state index in [2.05, 4.69) is 15.8 Å². The maximum atomic E-state index is 11.9. The number of carbonyl (C=O) groups is 1. The van der Waals surface area contributed by atoms with Gasteiger partial charge in [-0.05, 0) is 24.3 Å². The molecule has 0 spiro atoms. The Balaban J connectivity index is 2.13. The molecule has 0 bridgehead atoms. The summed E-state index contributed by atoms with van der Waals surface area (Å²) in [5.74, 6) is -0.452. The average Bonchev–Trinajstić information content (AvgIpc) is 2.36. The van der Waals surface area contributed by atoms with E-state index >= 15 is 0 Å². The number of halogens is 4. The number of nitrogens with zero attached hydrogens (tertiary/aromatic N) is 1. The number of pyridine rings is 1. The van der Waals surface area contributed by atoms with Gasteiger partial charge in [-0.25, -0.2) is 4.98 Å². The van der Waals surface area contributed by atoms with Gasteiger partial charge in [-0.3, -0.25) is 15.6 Å². The molecule has 2 rings (SSSR count). The van der Waals surface area contributed by atoms with E-state index < -0.39 is 5.91 Å². The van der Waals surface area contributed by atoms with Crippen molar-refractivity contribution in [3.05, 3.63) is 56.2 Å². The zero-order chi connectivity index (χ0) is 14.7. The van der Waals surface area contributed by atoms with Crippen LogP contribution in [0.5, 0.6) is 0 Å². The Labute approximate surface area is 135 Å². The van der Waals surface area contributed by atoms with Crippen molar-refractivity contribution in [2.75, 3.05) is 5.43 Å². The second-order valence-electron chi connectivity index (χ2n) is 3.68. The predicted molar refractivity (Wildman–Crippen MR) is 81.8 cm³/mol. The molecule has 20 heavy (non-hydrogen) atoms. The molecule has 0 atom stereocenters. The molecule has 1 heterocycles. The van der Waals surface area contributed by atoms with Crippen LogP contribution >= 0.6 is 46.4 Å². The lowest BCUT2D eigenvalue weighted by Crippen LogP contribution is -2.29. The van der Waals surface area contributed by atoms with Gasteiger partial charge >= 0.3 is 0 Å². The van der Waals surface area contributed by atoms with Gasteiger partial charge in [0.2, 0.25) is 0 Å². The Bertz CT molecular complexity index is 623. The van der Waals surface area contributed by atoms with Gasteiger partial charge in [0.1, 0.15) is 10.3 Å². The maximum absolute atomic E-state index is 11.9. The molecule has 0 aliphatic rings. The smallest absolute Gasteiger partial charge is 0.269 e. The van der Waals surface area contributed by atoms with Gasteiger partial charge in [-0.1, -0.05) is 52.5 Å². The predicted octanol–water partition coefficient (Wildman–Crippen LogP) is 4.45. The molecule has 0 unspecified atom stereocenters. The minimum absolute atomic E-state index is 0.124. The van der Waals surface area contributed by atoms with Gasteiger partial charge < -0.3 is 0 Å². The van der Waals surface area contributed by atoms with Gasteiger partial charge in [0.05, 0.1) is 15.7 Å². The first-order chi connectivity index (χ1) is 9.47. The van der Waals surface area contributed by atoms with Crippen LogP contribution < -0.4 is 10.9 Å². The summed E-state index contributed by atoms with van der Waals surface area (Å²) in [6, 6.07) is 7.75. The molecule has 0 saturated heterocycles. The highest BCUT2D eigenvalue weighted by Crippen LogP contribution is 2.29. The quantitative estimate of drug-likeness (QED) is 0.635. The Morgan fingerprint density at radius 1 is 1.00 bits per heavy atom. The Morgan fingerprint density at radius 2 is 1.55 bits per heavy atom. The Hall–Kier alpha value is -1.20. The lowest BCUT2D eigenvalue weighted by Gasteiger charge is -2.11. The van der Waals surface area contributed by atoms with E-state index in [1.807, 2.05) is 0 Å². The lowest BCUT2D eigenvalue weighted by atomic mass is 10.2. The summed E-state index contributed by atoms with van der Waals surface area (Å²) in [6.07, 6.45) is 0. The van der Waals surface area contributed by atoms with Crippen LogP contribution in [0.4, 0.5) is 5.69 Å². The molecule has 104 valence electrons. The van der Waals surface area contributed by atoms with Crippen LogP contribution in [0.15, 0.2) is 30.3 Å². The zero-order valence-corrected chi connectivity index (χ0v) is 12.8. The number of aromatic nitrogens is 1. The first-order valence-electron chi connectivity index (χ1n) is 5.31. The summed E-state index contributed by atoms with van der Waals surface area (Å²) in [4.78, 5) is 15.7. The number of para-hydroxylation sites is 1. The van der Waals surface area contributed by atoms with E-state index in [1.54, 1.807) is 18.2 Å². The molecule has 0 aliphatic heterocycles. The van der Waals surface area contributed by atoms with Crippen molar-refractivity contribution in [1.82, 2.24) is 10.4 Å². The summed E-state index contributed by atoms with van der Waals surface area (Å²) < 4.78 is 0. The molecule has 1 amide bonds. The second-order valence-corrected chi connectivity index (χ2v) is 5.27. The fourth-order valence-electron chi connectivity index (χ4n) is 1.40. The van der Waals surface area contributed by atoms with E-state index in [9.17, 15) is 4.79 Å². The standard InChI is InChI=1S/C12H7Cl4N3O/c13-7-2-1-3-8(14)11(7)18-19-12(20)6-4-9(15)17-10(16)5-6/h1-5,18H,(H,19,20). The van der Waals surface area contributed by atoms with E-state index in [4.69, 9.17) is 46.4 Å². The maximum Gasteiger partial charge on any atom is 0.269 e. The van der Waals surface area contributed by atoms with Crippen LogP contribution in [-0.4, -0.2) is 10.9 Å². The highest BCUT2D eigenvalue weighted by Gasteiger charge is 2.10. The number of nitrogens with one attached hydrogen (secondary N) is 2. The molecular weight excluding hydrogens is 344 g/mol. The fourth-order valence-corrected chi connectivity index (χ4v) is 2.36. The molecule has 0 aliphatic carbocycles. The van der Waals surface area contributed by atoms with Crippen molar-refractivity contribution in [2.24, 2.45) is 0 Å². The third-order valence-corrected chi connectivity index (χ3v) is 3.31. The summed E-state index contributed by atoms with van der Waals surface area (Å²) in [5.41, 5.74) is 5.75. The first-order valence-corrected chi connectivity index (χ1v) is 6.82. The van der Waals surface area contributed by atoms with Crippen molar-refractivity contribution in [2.45, 2.75) is 0 Å². The normalized spacial score (nSPS) is 10.2. The number of carbonyl (C=O) groups excluding carboxylic acids is 1. The van der Waals surface area contributed by atoms with Crippen LogP contribution in [0, 0.1) is 0 Å². The number of hydrogen-bond acceptors (Lipinski definition) is 3. The number of amides is 1. The molecular formula is C12H7Cl4N3O. The third kappa shape index (κ3) is 3.67. The number of rotatable bonds is 3. The molecule has 0 fully saturated rings.